The zero-order chi connectivity index (χ0) is 11.9. The minimum absolute atomic E-state index is 0.933. The molecule has 0 bridgehead atoms. The average molecular weight is 264 g/mol. The Morgan fingerprint density at radius 3 is 3.00 bits per heavy atom. The summed E-state index contributed by atoms with van der Waals surface area (Å²) in [4.78, 5) is 4.58. The molecule has 2 aromatic heterocycles. The van der Waals surface area contributed by atoms with Gasteiger partial charge in [0.25, 0.3) is 0 Å². The molecule has 0 atom stereocenters. The maximum absolute atomic E-state index is 4.58. The van der Waals surface area contributed by atoms with Crippen LogP contribution in [0.1, 0.15) is 19.0 Å². The first-order chi connectivity index (χ1) is 8.38. The van der Waals surface area contributed by atoms with Gasteiger partial charge in [0.1, 0.15) is 5.82 Å². The summed E-state index contributed by atoms with van der Waals surface area (Å²) in [6, 6.07) is 10.4. The van der Waals surface area contributed by atoms with Gasteiger partial charge in [-0.1, -0.05) is 19.1 Å². The molecule has 0 aromatic carbocycles. The average Bonchev–Trinajstić information content (AvgIpc) is 2.87. The first-order valence-corrected chi connectivity index (χ1v) is 7.61. The van der Waals surface area contributed by atoms with Crippen LogP contribution in [0, 0.1) is 0 Å². The number of rotatable bonds is 6. The summed E-state index contributed by atoms with van der Waals surface area (Å²) in [6.07, 6.45) is 1.12. The van der Waals surface area contributed by atoms with Crippen molar-refractivity contribution in [1.82, 2.24) is 4.98 Å². The molecule has 0 aliphatic carbocycles. The second kappa shape index (κ2) is 6.67. The molecule has 2 rings (SSSR count). The normalized spacial score (nSPS) is 10.4. The van der Waals surface area contributed by atoms with Gasteiger partial charge in [-0.3, -0.25) is 0 Å². The third-order valence-electron chi connectivity index (χ3n) is 2.22. The number of thioether (sulfide) groups is 1. The van der Waals surface area contributed by atoms with E-state index in [0.29, 0.717) is 0 Å². The highest BCUT2D eigenvalue weighted by atomic mass is 32.2. The van der Waals surface area contributed by atoms with E-state index >= 15 is 0 Å². The molecule has 0 aliphatic heterocycles. The predicted molar refractivity (Wildman–Crippen MR) is 76.9 cm³/mol. The van der Waals surface area contributed by atoms with Crippen molar-refractivity contribution in [3.63, 3.8) is 0 Å². The lowest BCUT2D eigenvalue weighted by Gasteiger charge is -2.05. The molecule has 0 saturated heterocycles. The predicted octanol–water partition coefficient (Wildman–Crippen LogP) is 4.26. The van der Waals surface area contributed by atoms with E-state index in [2.05, 4.69) is 46.9 Å². The number of nitrogens with zero attached hydrogens (tertiary/aromatic N) is 1. The number of nitrogens with one attached hydrogen (secondary N) is 1. The van der Waals surface area contributed by atoms with E-state index in [4.69, 9.17) is 0 Å². The Kier molecular flexibility index (Phi) is 4.88. The van der Waals surface area contributed by atoms with E-state index in [1.165, 1.54) is 4.21 Å². The highest BCUT2D eigenvalue weighted by Gasteiger charge is 1.99. The van der Waals surface area contributed by atoms with Crippen molar-refractivity contribution in [2.75, 3.05) is 11.9 Å². The maximum atomic E-state index is 4.58. The van der Waals surface area contributed by atoms with Gasteiger partial charge in [0, 0.05) is 12.3 Å². The summed E-state index contributed by atoms with van der Waals surface area (Å²) < 4.78 is 1.35. The Hall–Kier alpha value is -1.00. The van der Waals surface area contributed by atoms with Crippen molar-refractivity contribution in [3.05, 3.63) is 41.4 Å². The molecule has 2 heterocycles. The van der Waals surface area contributed by atoms with Crippen LogP contribution >= 0.6 is 23.1 Å². The number of hydrogen-bond donors (Lipinski definition) is 1. The first kappa shape index (κ1) is 12.5. The van der Waals surface area contributed by atoms with Crippen molar-refractivity contribution in [2.45, 2.75) is 23.3 Å². The molecule has 0 saturated carbocycles. The smallest absolute Gasteiger partial charge is 0.126 e. The van der Waals surface area contributed by atoms with Gasteiger partial charge in [-0.15, -0.1) is 23.1 Å². The lowest BCUT2D eigenvalue weighted by atomic mass is 10.3. The van der Waals surface area contributed by atoms with E-state index in [1.807, 2.05) is 17.8 Å². The van der Waals surface area contributed by atoms with Gasteiger partial charge in [-0.25, -0.2) is 4.98 Å². The largest absolute Gasteiger partial charge is 0.370 e. The Bertz CT molecular complexity index is 440. The number of hydrogen-bond acceptors (Lipinski definition) is 4. The lowest BCUT2D eigenvalue weighted by molar-refractivity contribution is 0.965. The number of anilines is 1. The summed E-state index contributed by atoms with van der Waals surface area (Å²) in [6.45, 7) is 3.14. The van der Waals surface area contributed by atoms with E-state index in [0.717, 1.165) is 30.2 Å². The van der Waals surface area contributed by atoms with Gasteiger partial charge in [0.05, 0.1) is 9.90 Å². The van der Waals surface area contributed by atoms with Gasteiger partial charge in [-0.2, -0.15) is 0 Å². The van der Waals surface area contributed by atoms with Crippen LogP contribution in [0.2, 0.25) is 0 Å². The number of pyridine rings is 1. The van der Waals surface area contributed by atoms with Gasteiger partial charge < -0.3 is 5.32 Å². The molecule has 0 unspecified atom stereocenters. The van der Waals surface area contributed by atoms with Gasteiger partial charge in [-0.05, 0) is 30.0 Å². The summed E-state index contributed by atoms with van der Waals surface area (Å²) in [5.41, 5.74) is 1.13. The Labute approximate surface area is 110 Å². The topological polar surface area (TPSA) is 24.9 Å². The molecule has 0 radical (unpaired) electrons. The zero-order valence-electron chi connectivity index (χ0n) is 9.85. The molecule has 2 aromatic rings. The van der Waals surface area contributed by atoms with Crippen molar-refractivity contribution < 1.29 is 0 Å². The molecule has 2 nitrogen and oxygen atoms in total. The Morgan fingerprint density at radius 2 is 2.24 bits per heavy atom. The molecule has 0 fully saturated rings. The summed E-state index contributed by atoms with van der Waals surface area (Å²) in [5, 5.41) is 5.42. The third kappa shape index (κ3) is 4.06. The van der Waals surface area contributed by atoms with Gasteiger partial charge >= 0.3 is 0 Å². The SMILES string of the molecule is CCCNc1cccc(CSc2cccs2)n1. The lowest BCUT2D eigenvalue weighted by Crippen LogP contribution is -2.02. The quantitative estimate of drug-likeness (QED) is 0.789. The van der Waals surface area contributed by atoms with Crippen LogP contribution in [0.4, 0.5) is 5.82 Å². The molecule has 1 N–H and O–H groups in total. The van der Waals surface area contributed by atoms with Crippen LogP contribution in [0.3, 0.4) is 0 Å². The molecule has 17 heavy (non-hydrogen) atoms. The van der Waals surface area contributed by atoms with E-state index in [-0.39, 0.29) is 0 Å². The van der Waals surface area contributed by atoms with Crippen molar-refractivity contribution in [2.24, 2.45) is 0 Å². The molecule has 0 aliphatic rings. The molecular weight excluding hydrogens is 248 g/mol. The highest BCUT2D eigenvalue weighted by molar-refractivity contribution is 8.00. The highest BCUT2D eigenvalue weighted by Crippen LogP contribution is 2.26. The molecule has 0 amide bonds. The van der Waals surface area contributed by atoms with Crippen molar-refractivity contribution >= 4 is 28.9 Å². The van der Waals surface area contributed by atoms with Crippen molar-refractivity contribution in [1.29, 1.82) is 0 Å². The fraction of sp³-hybridized carbons (Fsp3) is 0.308. The van der Waals surface area contributed by atoms with Gasteiger partial charge in [0.15, 0.2) is 0 Å². The maximum Gasteiger partial charge on any atom is 0.126 e. The molecule has 90 valence electrons. The fourth-order valence-electron chi connectivity index (χ4n) is 1.40. The second-order valence-electron chi connectivity index (χ2n) is 3.66. The van der Waals surface area contributed by atoms with E-state index in [1.54, 1.807) is 11.3 Å². The monoisotopic (exact) mass is 264 g/mol. The Balaban J connectivity index is 1.91. The van der Waals surface area contributed by atoms with Crippen LogP contribution in [-0.2, 0) is 5.75 Å². The number of aromatic nitrogens is 1. The fourth-order valence-corrected chi connectivity index (χ4v) is 3.09. The Morgan fingerprint density at radius 1 is 1.29 bits per heavy atom. The summed E-state index contributed by atoms with van der Waals surface area (Å²) in [5.74, 6) is 1.92. The molecular formula is C13H16N2S2. The molecule has 4 heteroatoms. The standard InChI is InChI=1S/C13H16N2S2/c1-2-8-14-12-6-3-5-11(15-12)10-17-13-7-4-9-16-13/h3-7,9H,2,8,10H2,1H3,(H,14,15). The van der Waals surface area contributed by atoms with Crippen LogP contribution in [0.15, 0.2) is 39.9 Å². The van der Waals surface area contributed by atoms with Gasteiger partial charge in [0.2, 0.25) is 0 Å². The van der Waals surface area contributed by atoms with E-state index in [9.17, 15) is 0 Å². The third-order valence-corrected chi connectivity index (χ3v) is 4.38. The number of thiophene rings is 1. The van der Waals surface area contributed by atoms with Crippen LogP contribution in [0.25, 0.3) is 0 Å². The van der Waals surface area contributed by atoms with E-state index < -0.39 is 0 Å². The zero-order valence-corrected chi connectivity index (χ0v) is 11.5. The summed E-state index contributed by atoms with van der Waals surface area (Å²) in [7, 11) is 0. The van der Waals surface area contributed by atoms with Crippen LogP contribution < -0.4 is 5.32 Å². The minimum atomic E-state index is 0.933. The summed E-state index contributed by atoms with van der Waals surface area (Å²) >= 11 is 3.62. The van der Waals surface area contributed by atoms with Crippen LogP contribution in [-0.4, -0.2) is 11.5 Å². The first-order valence-electron chi connectivity index (χ1n) is 5.74. The minimum Gasteiger partial charge on any atom is -0.370 e. The second-order valence-corrected chi connectivity index (χ2v) is 5.88. The van der Waals surface area contributed by atoms with Crippen molar-refractivity contribution in [3.8, 4) is 0 Å². The molecule has 0 spiro atoms. The van der Waals surface area contributed by atoms with Crippen LogP contribution in [0.5, 0.6) is 0 Å².